The van der Waals surface area contributed by atoms with E-state index in [1.54, 1.807) is 30.6 Å². The number of nitrogens with zero attached hydrogens (tertiary/aromatic N) is 3. The van der Waals surface area contributed by atoms with E-state index < -0.39 is 0 Å². The molecule has 1 amide bonds. The predicted molar refractivity (Wildman–Crippen MR) is 96.9 cm³/mol. The minimum absolute atomic E-state index is 0.270. The van der Waals surface area contributed by atoms with Crippen LogP contribution < -0.4 is 10.6 Å². The number of rotatable bonds is 5. The van der Waals surface area contributed by atoms with Gasteiger partial charge in [0.1, 0.15) is 5.69 Å². The highest BCUT2D eigenvalue weighted by molar-refractivity contribution is 6.30. The maximum absolute atomic E-state index is 12.4. The number of nitrogens with one attached hydrogen (secondary N) is 2. The Bertz CT molecular complexity index is 868. The summed E-state index contributed by atoms with van der Waals surface area (Å²) in [6.07, 6.45) is 3.40. The quantitative estimate of drug-likeness (QED) is 0.733. The van der Waals surface area contributed by atoms with Crippen LogP contribution >= 0.6 is 11.6 Å². The summed E-state index contributed by atoms with van der Waals surface area (Å²) in [4.78, 5) is 25.0. The smallest absolute Gasteiger partial charge is 0.270 e. The molecule has 126 valence electrons. The molecule has 25 heavy (non-hydrogen) atoms. The molecule has 0 spiro atoms. The summed E-state index contributed by atoms with van der Waals surface area (Å²) >= 11 is 5.88. The molecule has 0 atom stereocenters. The average Bonchev–Trinajstić information content (AvgIpc) is 2.62. The van der Waals surface area contributed by atoms with E-state index in [1.807, 2.05) is 31.2 Å². The Morgan fingerprint density at radius 3 is 2.68 bits per heavy atom. The minimum atomic E-state index is -0.270. The Kier molecular flexibility index (Phi) is 5.20. The van der Waals surface area contributed by atoms with Gasteiger partial charge in [0.25, 0.3) is 5.91 Å². The van der Waals surface area contributed by atoms with Gasteiger partial charge in [0.05, 0.1) is 0 Å². The largest absolute Gasteiger partial charge is 0.347 e. The fraction of sp³-hybridized carbons (Fsp3) is 0.111. The van der Waals surface area contributed by atoms with E-state index in [-0.39, 0.29) is 5.91 Å². The van der Waals surface area contributed by atoms with Crippen LogP contribution in [-0.2, 0) is 6.54 Å². The van der Waals surface area contributed by atoms with E-state index >= 15 is 0 Å². The van der Waals surface area contributed by atoms with Crippen LogP contribution in [0.5, 0.6) is 0 Å². The van der Waals surface area contributed by atoms with Crippen molar-refractivity contribution in [1.29, 1.82) is 0 Å². The van der Waals surface area contributed by atoms with Crippen LogP contribution in [0.15, 0.2) is 54.9 Å². The Labute approximate surface area is 150 Å². The highest BCUT2D eigenvalue weighted by Gasteiger charge is 2.11. The van der Waals surface area contributed by atoms with Crippen LogP contribution in [0.25, 0.3) is 0 Å². The molecule has 6 nitrogen and oxygen atoms in total. The van der Waals surface area contributed by atoms with E-state index in [0.29, 0.717) is 28.9 Å². The van der Waals surface area contributed by atoms with E-state index in [4.69, 9.17) is 11.6 Å². The van der Waals surface area contributed by atoms with Gasteiger partial charge in [0.15, 0.2) is 0 Å². The third-order valence-corrected chi connectivity index (χ3v) is 3.62. The van der Waals surface area contributed by atoms with Crippen molar-refractivity contribution in [2.24, 2.45) is 0 Å². The summed E-state index contributed by atoms with van der Waals surface area (Å²) < 4.78 is 0. The zero-order chi connectivity index (χ0) is 17.6. The lowest BCUT2D eigenvalue weighted by atomic mass is 10.2. The number of anilines is 2. The van der Waals surface area contributed by atoms with Crippen LogP contribution in [0.2, 0.25) is 5.02 Å². The number of benzene rings is 1. The normalized spacial score (nSPS) is 10.3. The number of carbonyl (C=O) groups is 1. The summed E-state index contributed by atoms with van der Waals surface area (Å²) in [5.74, 6) is 0.0855. The molecule has 0 fully saturated rings. The molecule has 0 saturated heterocycles. The third kappa shape index (κ3) is 4.74. The van der Waals surface area contributed by atoms with Crippen LogP contribution in [-0.4, -0.2) is 20.9 Å². The summed E-state index contributed by atoms with van der Waals surface area (Å²) in [5, 5.41) is 6.54. The third-order valence-electron chi connectivity index (χ3n) is 3.36. The van der Waals surface area contributed by atoms with Crippen LogP contribution in [0.1, 0.15) is 21.7 Å². The number of aromatic nitrogens is 3. The molecule has 0 radical (unpaired) electrons. The fourth-order valence-corrected chi connectivity index (χ4v) is 2.30. The van der Waals surface area contributed by atoms with Gasteiger partial charge >= 0.3 is 0 Å². The Morgan fingerprint density at radius 2 is 1.96 bits per heavy atom. The number of carbonyl (C=O) groups excluding carboxylic acids is 1. The molecule has 1 aromatic carbocycles. The molecule has 3 aromatic rings. The first kappa shape index (κ1) is 16.9. The lowest BCUT2D eigenvalue weighted by molar-refractivity contribution is 0.0945. The highest BCUT2D eigenvalue weighted by atomic mass is 35.5. The zero-order valence-electron chi connectivity index (χ0n) is 13.5. The first-order valence-corrected chi connectivity index (χ1v) is 8.03. The molecule has 2 N–H and O–H groups in total. The lowest BCUT2D eigenvalue weighted by Gasteiger charge is -2.09. The monoisotopic (exact) mass is 353 g/mol. The second-order valence-corrected chi connectivity index (χ2v) is 5.83. The van der Waals surface area contributed by atoms with Crippen molar-refractivity contribution in [3.8, 4) is 0 Å². The Balaban J connectivity index is 1.72. The number of aryl methyl sites for hydroxylation is 1. The highest BCUT2D eigenvalue weighted by Crippen LogP contribution is 2.17. The number of halogens is 1. The van der Waals surface area contributed by atoms with E-state index in [1.165, 1.54) is 0 Å². The summed E-state index contributed by atoms with van der Waals surface area (Å²) in [7, 11) is 0. The molecule has 0 bridgehead atoms. The van der Waals surface area contributed by atoms with Gasteiger partial charge in [-0.05, 0) is 48.9 Å². The van der Waals surface area contributed by atoms with Crippen LogP contribution in [0.4, 0.5) is 11.6 Å². The minimum Gasteiger partial charge on any atom is -0.347 e. The van der Waals surface area contributed by atoms with Crippen molar-refractivity contribution < 1.29 is 4.79 Å². The first-order chi connectivity index (χ1) is 12.1. The van der Waals surface area contributed by atoms with Crippen LogP contribution in [0, 0.1) is 6.92 Å². The molecule has 2 heterocycles. The number of pyridine rings is 1. The predicted octanol–water partition coefficient (Wildman–Crippen LogP) is 3.51. The van der Waals surface area contributed by atoms with Gasteiger partial charge in [0.2, 0.25) is 5.95 Å². The van der Waals surface area contributed by atoms with Gasteiger partial charge in [-0.1, -0.05) is 17.7 Å². The zero-order valence-corrected chi connectivity index (χ0v) is 14.3. The maximum atomic E-state index is 12.4. The first-order valence-electron chi connectivity index (χ1n) is 7.65. The number of amides is 1. The fourth-order valence-electron chi connectivity index (χ4n) is 2.18. The summed E-state index contributed by atoms with van der Waals surface area (Å²) in [6.45, 7) is 2.20. The second kappa shape index (κ2) is 7.72. The van der Waals surface area contributed by atoms with Crippen LogP contribution in [0.3, 0.4) is 0 Å². The van der Waals surface area contributed by atoms with Crippen molar-refractivity contribution in [3.05, 3.63) is 76.8 Å². The van der Waals surface area contributed by atoms with Gasteiger partial charge in [-0.3, -0.25) is 9.78 Å². The van der Waals surface area contributed by atoms with Gasteiger partial charge in [0, 0.05) is 35.3 Å². The lowest BCUT2D eigenvalue weighted by Crippen LogP contribution is -2.24. The van der Waals surface area contributed by atoms with Crippen molar-refractivity contribution in [1.82, 2.24) is 20.3 Å². The standard InChI is InChI=1S/C18H16ClN5O/c1-12-9-16(17(25)21-11-13-3-2-8-20-10-13)24-18(22-12)23-15-6-4-14(19)5-7-15/h2-10H,11H2,1H3,(H,21,25)(H,22,23,24). The van der Waals surface area contributed by atoms with Gasteiger partial charge in [-0.15, -0.1) is 0 Å². The molecular formula is C18H16ClN5O. The maximum Gasteiger partial charge on any atom is 0.270 e. The Morgan fingerprint density at radius 1 is 1.16 bits per heavy atom. The van der Waals surface area contributed by atoms with Crippen molar-refractivity contribution in [2.75, 3.05) is 5.32 Å². The van der Waals surface area contributed by atoms with E-state index in [9.17, 15) is 4.79 Å². The van der Waals surface area contributed by atoms with E-state index in [2.05, 4.69) is 25.6 Å². The summed E-state index contributed by atoms with van der Waals surface area (Å²) in [6, 6.07) is 12.5. The average molecular weight is 354 g/mol. The van der Waals surface area contributed by atoms with Gasteiger partial charge < -0.3 is 10.6 Å². The van der Waals surface area contributed by atoms with Crippen molar-refractivity contribution >= 4 is 29.1 Å². The molecule has 0 aliphatic carbocycles. The van der Waals surface area contributed by atoms with E-state index in [0.717, 1.165) is 11.3 Å². The second-order valence-electron chi connectivity index (χ2n) is 5.39. The van der Waals surface area contributed by atoms with Crippen molar-refractivity contribution in [2.45, 2.75) is 13.5 Å². The molecule has 0 unspecified atom stereocenters. The van der Waals surface area contributed by atoms with Gasteiger partial charge in [-0.25, -0.2) is 9.97 Å². The molecule has 7 heteroatoms. The SMILES string of the molecule is Cc1cc(C(=O)NCc2cccnc2)nc(Nc2ccc(Cl)cc2)n1. The molecule has 0 aliphatic heterocycles. The summed E-state index contributed by atoms with van der Waals surface area (Å²) in [5.41, 5.74) is 2.70. The molecule has 0 saturated carbocycles. The Hall–Kier alpha value is -2.99. The van der Waals surface area contributed by atoms with Gasteiger partial charge in [-0.2, -0.15) is 0 Å². The molecule has 0 aliphatic rings. The molecule has 3 rings (SSSR count). The number of hydrogen-bond acceptors (Lipinski definition) is 5. The topological polar surface area (TPSA) is 79.8 Å². The molecular weight excluding hydrogens is 338 g/mol. The van der Waals surface area contributed by atoms with Crippen molar-refractivity contribution in [3.63, 3.8) is 0 Å². The molecule has 2 aromatic heterocycles. The number of hydrogen-bond donors (Lipinski definition) is 2.